The molecule has 0 aromatic rings. The van der Waals surface area contributed by atoms with Gasteiger partial charge in [-0.05, 0) is 124 Å². The second-order valence-corrected chi connectivity index (χ2v) is 19.7. The van der Waals surface area contributed by atoms with Crippen LogP contribution in [0.15, 0.2) is 23.8 Å². The Hall–Kier alpha value is -0.290. The first-order valence-electron chi connectivity index (χ1n) is 18.8. The maximum atomic E-state index is 7.17. The smallest absolute Gasteiger partial charge is 0.0745 e. The lowest BCUT2D eigenvalue weighted by atomic mass is 9.37. The summed E-state index contributed by atoms with van der Waals surface area (Å²) in [5.41, 5.74) is 3.20. The van der Waals surface area contributed by atoms with E-state index in [1.54, 1.807) is 5.57 Å². The molecule has 5 fully saturated rings. The maximum absolute atomic E-state index is 7.17. The van der Waals surface area contributed by atoms with E-state index in [0.717, 1.165) is 37.4 Å². The van der Waals surface area contributed by atoms with Crippen molar-refractivity contribution in [3.63, 3.8) is 0 Å². The summed E-state index contributed by atoms with van der Waals surface area (Å²) in [6.45, 7) is 25.2. The van der Waals surface area contributed by atoms with E-state index in [0.29, 0.717) is 34.0 Å². The molecule has 1 spiro atoms. The molecule has 5 unspecified atom stereocenters. The van der Waals surface area contributed by atoms with Crippen LogP contribution in [-0.2, 0) is 9.47 Å². The summed E-state index contributed by atoms with van der Waals surface area (Å²) < 4.78 is 14.0. The number of allylic oxidation sites excluding steroid dienone is 3. The predicted octanol–water partition coefficient (Wildman–Crippen LogP) is 9.57. The number of nitrogens with zero attached hydrogens (tertiary/aromatic N) is 1. The van der Waals surface area contributed by atoms with E-state index < -0.39 is 0 Å². The Balaban J connectivity index is 1.16. The molecular formula is C40H65NO2S. The summed E-state index contributed by atoms with van der Waals surface area (Å²) in [6, 6.07) is 0. The fourth-order valence-corrected chi connectivity index (χ4v) is 14.4. The highest BCUT2D eigenvalue weighted by molar-refractivity contribution is 8.01. The van der Waals surface area contributed by atoms with Crippen LogP contribution < -0.4 is 0 Å². The summed E-state index contributed by atoms with van der Waals surface area (Å²) in [5, 5.41) is 0. The van der Waals surface area contributed by atoms with Gasteiger partial charge in [-0.15, -0.1) is 11.8 Å². The second-order valence-electron chi connectivity index (χ2n) is 18.4. The van der Waals surface area contributed by atoms with E-state index in [9.17, 15) is 0 Å². The molecule has 0 amide bonds. The lowest BCUT2D eigenvalue weighted by molar-refractivity contribution is -0.173. The van der Waals surface area contributed by atoms with Gasteiger partial charge in [0.15, 0.2) is 0 Å². The lowest BCUT2D eigenvalue weighted by Crippen LogP contribution is -2.68. The van der Waals surface area contributed by atoms with E-state index in [1.807, 2.05) is 0 Å². The van der Waals surface area contributed by atoms with Gasteiger partial charge in [-0.3, -0.25) is 4.90 Å². The first kappa shape index (κ1) is 32.3. The fourth-order valence-electron chi connectivity index (χ4n) is 12.3. The number of likely N-dealkylation sites (tertiary alicyclic amines) is 1. The molecule has 0 radical (unpaired) electrons. The zero-order valence-electron chi connectivity index (χ0n) is 29.7. The van der Waals surface area contributed by atoms with Crippen molar-refractivity contribution in [2.75, 3.05) is 38.7 Å². The molecule has 0 aromatic carbocycles. The molecule has 4 bridgehead atoms. The number of thioether (sulfide) groups is 1. The van der Waals surface area contributed by atoms with Crippen LogP contribution >= 0.6 is 11.8 Å². The molecule has 3 heterocycles. The molecule has 7 rings (SSSR count). The van der Waals surface area contributed by atoms with Gasteiger partial charge in [-0.1, -0.05) is 78.7 Å². The molecule has 2 saturated carbocycles. The van der Waals surface area contributed by atoms with Crippen molar-refractivity contribution in [2.24, 2.45) is 51.2 Å². The number of fused-ring (bicyclic) bond motifs is 3. The van der Waals surface area contributed by atoms with Crippen molar-refractivity contribution in [1.82, 2.24) is 4.90 Å². The van der Waals surface area contributed by atoms with Crippen molar-refractivity contribution in [1.29, 1.82) is 0 Å². The van der Waals surface area contributed by atoms with Crippen LogP contribution in [0.4, 0.5) is 0 Å². The van der Waals surface area contributed by atoms with Gasteiger partial charge in [0.1, 0.15) is 0 Å². The lowest BCUT2D eigenvalue weighted by Gasteiger charge is -2.70. The molecule has 10 atom stereocenters. The van der Waals surface area contributed by atoms with Gasteiger partial charge in [0, 0.05) is 16.7 Å². The number of rotatable bonds is 7. The Labute approximate surface area is 275 Å². The Bertz CT molecular complexity index is 1160. The maximum Gasteiger partial charge on any atom is 0.0745 e. The van der Waals surface area contributed by atoms with Crippen LogP contribution in [-0.4, -0.2) is 60.0 Å². The first-order valence-corrected chi connectivity index (χ1v) is 19.8. The number of ether oxygens (including phenoxy) is 2. The highest BCUT2D eigenvalue weighted by Gasteiger charge is 2.69. The molecule has 3 saturated heterocycles. The molecule has 3 aliphatic heterocycles. The highest BCUT2D eigenvalue weighted by Crippen LogP contribution is 2.74. The van der Waals surface area contributed by atoms with Crippen LogP contribution in [0.25, 0.3) is 0 Å². The Morgan fingerprint density at radius 1 is 1.02 bits per heavy atom. The van der Waals surface area contributed by atoms with Crippen LogP contribution in [0, 0.1) is 51.2 Å². The fraction of sp³-hybridized carbons (Fsp3) is 0.900. The van der Waals surface area contributed by atoms with E-state index in [1.165, 1.54) is 77.3 Å². The van der Waals surface area contributed by atoms with Gasteiger partial charge in [0.25, 0.3) is 0 Å². The van der Waals surface area contributed by atoms with Gasteiger partial charge in [0.2, 0.25) is 0 Å². The standard InChI is InChI=1S/C40H65NO2S/c1-28(2)30(5)38-16-12-17-39(24-38)18-15-32-31(36(39,7)19-20-38)13-14-33-35(6)25-42-27-40(32,33)44-23-34(35)43-26-37(8,29(3)4)41-21-10-9-11-22-41/h12,15,17,28-31,33-34H,9-11,13-14,16,18-27H2,1-8H3/t30-,31?,33?,34?,35+,36?,37+,38+,39+,40?/m1/s1. The second kappa shape index (κ2) is 11.1. The minimum absolute atomic E-state index is 0.0876. The quantitative estimate of drug-likeness (QED) is 0.263. The monoisotopic (exact) mass is 623 g/mol. The molecule has 0 N–H and O–H groups in total. The van der Waals surface area contributed by atoms with E-state index in [2.05, 4.69) is 90.3 Å². The first-order chi connectivity index (χ1) is 20.9. The molecule has 0 aromatic heterocycles. The Kier molecular flexibility index (Phi) is 8.16. The van der Waals surface area contributed by atoms with Crippen LogP contribution in [0.3, 0.4) is 0 Å². The third-order valence-electron chi connectivity index (χ3n) is 16.2. The number of hydrogen-bond acceptors (Lipinski definition) is 4. The molecule has 44 heavy (non-hydrogen) atoms. The van der Waals surface area contributed by atoms with Crippen molar-refractivity contribution >= 4 is 11.8 Å². The van der Waals surface area contributed by atoms with E-state index >= 15 is 0 Å². The summed E-state index contributed by atoms with van der Waals surface area (Å²) >= 11 is 2.25. The molecule has 3 nitrogen and oxygen atoms in total. The van der Waals surface area contributed by atoms with Gasteiger partial charge in [-0.2, -0.15) is 0 Å². The predicted molar refractivity (Wildman–Crippen MR) is 186 cm³/mol. The van der Waals surface area contributed by atoms with Gasteiger partial charge < -0.3 is 9.47 Å². The zero-order chi connectivity index (χ0) is 31.2. The van der Waals surface area contributed by atoms with Crippen molar-refractivity contribution < 1.29 is 9.47 Å². The van der Waals surface area contributed by atoms with Crippen LogP contribution in [0.1, 0.15) is 120 Å². The van der Waals surface area contributed by atoms with E-state index in [-0.39, 0.29) is 21.8 Å². The molecular weight excluding hydrogens is 559 g/mol. The van der Waals surface area contributed by atoms with Crippen LogP contribution in [0.5, 0.6) is 0 Å². The minimum Gasteiger partial charge on any atom is -0.379 e. The van der Waals surface area contributed by atoms with Gasteiger partial charge >= 0.3 is 0 Å². The van der Waals surface area contributed by atoms with Crippen LogP contribution in [0.2, 0.25) is 0 Å². The molecule has 4 aliphatic carbocycles. The van der Waals surface area contributed by atoms with Crippen molar-refractivity contribution in [3.05, 3.63) is 23.8 Å². The van der Waals surface area contributed by atoms with Crippen molar-refractivity contribution in [2.45, 2.75) is 136 Å². The molecule has 4 heteroatoms. The summed E-state index contributed by atoms with van der Waals surface area (Å²) in [5.74, 6) is 4.59. The van der Waals surface area contributed by atoms with Gasteiger partial charge in [-0.25, -0.2) is 0 Å². The normalized spacial score (nSPS) is 47.3. The van der Waals surface area contributed by atoms with Gasteiger partial charge in [0.05, 0.1) is 30.7 Å². The third-order valence-corrected chi connectivity index (χ3v) is 17.8. The SMILES string of the molecule is CC(C)[C@@H](C)[C@@]12CC=C[C@]3(CC=C4C(CCC5C46COC[C@]5(C)C(OC[C@@](C)(C(C)C)N4CCCCC4)CS6)C3(C)CC1)C2. The average Bonchev–Trinajstić information content (AvgIpc) is 3.01. The average molecular weight is 624 g/mol. The number of piperidine rings is 1. The minimum atomic E-state index is 0.0876. The largest absolute Gasteiger partial charge is 0.379 e. The molecule has 7 aliphatic rings. The highest BCUT2D eigenvalue weighted by atomic mass is 32.2. The Morgan fingerprint density at radius 2 is 1.80 bits per heavy atom. The van der Waals surface area contributed by atoms with E-state index in [4.69, 9.17) is 9.47 Å². The summed E-state index contributed by atoms with van der Waals surface area (Å²) in [6.07, 6.45) is 22.0. The summed E-state index contributed by atoms with van der Waals surface area (Å²) in [4.78, 5) is 2.76. The zero-order valence-corrected chi connectivity index (χ0v) is 30.5. The number of hydrogen-bond donors (Lipinski definition) is 0. The topological polar surface area (TPSA) is 21.7 Å². The summed E-state index contributed by atoms with van der Waals surface area (Å²) in [7, 11) is 0. The molecule has 248 valence electrons. The van der Waals surface area contributed by atoms with Crippen molar-refractivity contribution in [3.8, 4) is 0 Å². The third kappa shape index (κ3) is 4.44. The Morgan fingerprint density at radius 3 is 2.52 bits per heavy atom.